The number of aliphatic hydroxyl groups excluding tert-OH is 2. The monoisotopic (exact) mass is 1100 g/mol. The van der Waals surface area contributed by atoms with Crippen LogP contribution in [0, 0.1) is 130 Å². The molecule has 9 nitrogen and oxygen atoms in total. The molecular formula is C36H66Ac2O9. The van der Waals surface area contributed by atoms with Gasteiger partial charge in [-0.3, -0.25) is 0 Å². The molecule has 4 rings (SSSR count). The van der Waals surface area contributed by atoms with E-state index in [0.29, 0.717) is 11.8 Å². The van der Waals surface area contributed by atoms with E-state index in [0.717, 1.165) is 25.7 Å². The molecule has 0 aromatic carbocycles. The van der Waals surface area contributed by atoms with Crippen LogP contribution in [-0.2, 0) is 33.2 Å². The zero-order chi connectivity index (χ0) is 33.3. The van der Waals surface area contributed by atoms with Gasteiger partial charge in [0.25, 0.3) is 0 Å². The predicted octanol–water partition coefficient (Wildman–Crippen LogP) is 5.92. The quantitative estimate of drug-likeness (QED) is 0.276. The summed E-state index contributed by atoms with van der Waals surface area (Å²) in [6.45, 7) is 25.5. The summed E-state index contributed by atoms with van der Waals surface area (Å²) < 4.78 is 45.7. The first-order valence-corrected chi connectivity index (χ1v) is 18.2. The molecule has 2 radical (unpaired) electrons. The summed E-state index contributed by atoms with van der Waals surface area (Å²) in [5.41, 5.74) is 0. The maximum atomic E-state index is 11.6. The first-order chi connectivity index (χ1) is 21.3. The van der Waals surface area contributed by atoms with Gasteiger partial charge >= 0.3 is 0 Å². The van der Waals surface area contributed by atoms with Crippen molar-refractivity contribution in [2.24, 2.45) is 41.4 Å². The summed E-state index contributed by atoms with van der Waals surface area (Å²) in [5, 5.41) is 22.3. The van der Waals surface area contributed by atoms with Crippen LogP contribution in [0.15, 0.2) is 0 Å². The minimum atomic E-state index is -0.863. The molecule has 4 saturated heterocycles. The zero-order valence-corrected chi connectivity index (χ0v) is 40.8. The fraction of sp³-hybridized carbons (Fsp3) is 1.00. The van der Waals surface area contributed by atoms with Gasteiger partial charge in [-0.2, -0.15) is 0 Å². The largest absolute Gasteiger partial charge is 0.390 e. The number of ether oxygens (including phenoxy) is 7. The fourth-order valence-corrected chi connectivity index (χ4v) is 8.23. The minimum Gasteiger partial charge on any atom is -0.390 e. The average Bonchev–Trinajstić information content (AvgIpc) is 3.03. The van der Waals surface area contributed by atoms with Gasteiger partial charge in [-0.25, -0.2) is 0 Å². The molecule has 11 heteroatoms. The topological polar surface area (TPSA) is 105 Å². The Hall–Kier alpha value is 2.52. The number of hydrogen-bond donors (Lipinski definition) is 2. The first-order valence-electron chi connectivity index (χ1n) is 18.2. The Morgan fingerprint density at radius 3 is 1.26 bits per heavy atom. The van der Waals surface area contributed by atoms with Crippen molar-refractivity contribution in [1.29, 1.82) is 0 Å². The smallest absolute Gasteiger partial charge is 0.184 e. The third-order valence-corrected chi connectivity index (χ3v) is 12.2. The number of rotatable bonds is 10. The molecule has 47 heavy (non-hydrogen) atoms. The van der Waals surface area contributed by atoms with Crippen molar-refractivity contribution < 1.29 is 131 Å². The summed E-state index contributed by atoms with van der Waals surface area (Å²) in [6.07, 6.45) is -1.34. The van der Waals surface area contributed by atoms with E-state index < -0.39 is 24.8 Å². The second-order valence-corrected chi connectivity index (χ2v) is 14.9. The van der Waals surface area contributed by atoms with Crippen LogP contribution in [0.4, 0.5) is 0 Å². The van der Waals surface area contributed by atoms with Gasteiger partial charge in [-0.15, -0.1) is 0 Å². The second-order valence-electron chi connectivity index (χ2n) is 14.9. The van der Waals surface area contributed by atoms with Crippen molar-refractivity contribution in [1.82, 2.24) is 0 Å². The molecule has 0 spiro atoms. The molecule has 4 heterocycles. The van der Waals surface area contributed by atoms with Crippen LogP contribution in [0.3, 0.4) is 0 Å². The molecule has 0 bridgehead atoms. The Morgan fingerprint density at radius 2 is 0.766 bits per heavy atom. The van der Waals surface area contributed by atoms with Crippen molar-refractivity contribution in [3.8, 4) is 0 Å². The van der Waals surface area contributed by atoms with E-state index in [2.05, 4.69) is 62.3 Å². The van der Waals surface area contributed by atoms with Crippen LogP contribution in [0.1, 0.15) is 109 Å². The maximum Gasteiger partial charge on any atom is 0.184 e. The van der Waals surface area contributed by atoms with Gasteiger partial charge in [-0.05, 0) is 50.4 Å². The number of hydrogen-bond acceptors (Lipinski definition) is 9. The molecule has 0 saturated carbocycles. The SMILES string of the molecule is CCC1O[C@H](O[C@@H]2C(CC)O[C@H](O[C@H]3C(CC)O[C@@H](O[C@H]4C(CC)O[C@@H](C)C(O)[C@H]4C)C(C)[C@H]3C)C(O)C2C)C(C)C(C)[C@@H]1C.[Ac].[Ac]. The van der Waals surface area contributed by atoms with Crippen molar-refractivity contribution >= 4 is 0 Å². The maximum absolute atomic E-state index is 11.6. The van der Waals surface area contributed by atoms with Crippen molar-refractivity contribution in [2.75, 3.05) is 0 Å². The minimum absolute atomic E-state index is 0. The summed E-state index contributed by atoms with van der Waals surface area (Å²) in [6, 6.07) is 0. The van der Waals surface area contributed by atoms with Crippen LogP contribution >= 0.6 is 0 Å². The van der Waals surface area contributed by atoms with Gasteiger partial charge in [0.15, 0.2) is 18.9 Å². The van der Waals surface area contributed by atoms with E-state index in [1.807, 2.05) is 20.8 Å². The van der Waals surface area contributed by atoms with Gasteiger partial charge < -0.3 is 43.4 Å². The van der Waals surface area contributed by atoms with Gasteiger partial charge in [0.05, 0.1) is 54.9 Å². The molecule has 270 valence electrons. The van der Waals surface area contributed by atoms with Crippen molar-refractivity contribution in [2.45, 2.75) is 189 Å². The van der Waals surface area contributed by atoms with Crippen LogP contribution in [0.2, 0.25) is 0 Å². The van der Waals surface area contributed by atoms with E-state index >= 15 is 0 Å². The molecule has 20 atom stereocenters. The van der Waals surface area contributed by atoms with E-state index in [4.69, 9.17) is 33.2 Å². The first kappa shape index (κ1) is 45.7. The Morgan fingerprint density at radius 1 is 0.404 bits per heavy atom. The molecular weight excluding hydrogens is 1030 g/mol. The Bertz CT molecular complexity index is 910. The van der Waals surface area contributed by atoms with E-state index in [1.54, 1.807) is 0 Å². The molecule has 4 fully saturated rings. The van der Waals surface area contributed by atoms with Crippen molar-refractivity contribution in [3.63, 3.8) is 0 Å². The molecule has 0 aromatic heterocycles. The van der Waals surface area contributed by atoms with Crippen LogP contribution in [0.5, 0.6) is 0 Å². The summed E-state index contributed by atoms with van der Waals surface area (Å²) in [4.78, 5) is 0. The fourth-order valence-electron chi connectivity index (χ4n) is 8.23. The standard InChI is InChI=1S/C36H66O9.2Ac/c1-13-25-18(6)17(5)20(8)34(40-25)44-33-23(11)30(38)36(42-28(33)16-4)45-31-19(7)21(9)35(41-27(31)15-3)43-32-22(10)29(37)24(12)39-26(32)14-2;;/h17-38H,13-16H2,1-12H3;;/t17?,18-,19+,20?,21?,22+,23?,24-,25?,26?,27?,28?,29?,30?,31+,32+,33-,34+,35-,36+;;/m0../s1. The predicted molar refractivity (Wildman–Crippen MR) is 172 cm³/mol. The summed E-state index contributed by atoms with van der Waals surface area (Å²) >= 11 is 0. The summed E-state index contributed by atoms with van der Waals surface area (Å²) in [7, 11) is 0. The normalized spacial score (nSPS) is 50.7. The number of aliphatic hydroxyl groups is 2. The van der Waals surface area contributed by atoms with Gasteiger partial charge in [0.2, 0.25) is 0 Å². The van der Waals surface area contributed by atoms with Crippen molar-refractivity contribution in [3.05, 3.63) is 0 Å². The van der Waals surface area contributed by atoms with Gasteiger partial charge in [0.1, 0.15) is 6.10 Å². The Balaban J connectivity index is 0.00000384. The Labute approximate surface area is 357 Å². The molecule has 0 aliphatic carbocycles. The van der Waals surface area contributed by atoms with E-state index in [9.17, 15) is 10.2 Å². The molecule has 2 N–H and O–H groups in total. The third kappa shape index (κ3) is 9.99. The van der Waals surface area contributed by atoms with E-state index in [1.165, 1.54) is 0 Å². The van der Waals surface area contributed by atoms with Gasteiger partial charge in [0, 0.05) is 112 Å². The molecule has 10 unspecified atom stereocenters. The van der Waals surface area contributed by atoms with E-state index in [-0.39, 0.29) is 173 Å². The van der Waals surface area contributed by atoms with Crippen LogP contribution in [-0.4, -0.2) is 90.1 Å². The molecule has 4 aliphatic heterocycles. The average molecular weight is 1100 g/mol. The third-order valence-electron chi connectivity index (χ3n) is 12.2. The van der Waals surface area contributed by atoms with Crippen LogP contribution < -0.4 is 0 Å². The Kier molecular flexibility index (Phi) is 19.7. The summed E-state index contributed by atoms with van der Waals surface area (Å²) in [5.74, 6) is 0.979. The van der Waals surface area contributed by atoms with Crippen LogP contribution in [0.25, 0.3) is 0 Å². The second kappa shape index (κ2) is 20.3. The molecule has 0 amide bonds. The molecule has 4 aliphatic rings. The van der Waals surface area contributed by atoms with Gasteiger partial charge in [-0.1, -0.05) is 76.2 Å². The molecule has 0 aromatic rings. The zero-order valence-electron chi connectivity index (χ0n) is 31.3.